The van der Waals surface area contributed by atoms with Gasteiger partial charge in [0.1, 0.15) is 6.10 Å². The van der Waals surface area contributed by atoms with E-state index in [2.05, 4.69) is 20.4 Å². The molecule has 0 radical (unpaired) electrons. The van der Waals surface area contributed by atoms with Crippen molar-refractivity contribution in [1.82, 2.24) is 29.8 Å². The first-order valence-electron chi connectivity index (χ1n) is 4.13. The molecule has 0 saturated carbocycles. The molecule has 0 aliphatic rings. The van der Waals surface area contributed by atoms with Crippen LogP contribution in [0.15, 0.2) is 18.7 Å². The highest BCUT2D eigenvalue weighted by atomic mass is 16.3. The minimum Gasteiger partial charge on any atom is -0.383 e. The van der Waals surface area contributed by atoms with E-state index < -0.39 is 6.10 Å². The normalized spacial score (nSPS) is 13.0. The van der Waals surface area contributed by atoms with Gasteiger partial charge in [-0.1, -0.05) is 0 Å². The number of tetrazole rings is 1. The average Bonchev–Trinajstić information content (AvgIpc) is 2.75. The lowest BCUT2D eigenvalue weighted by Crippen LogP contribution is -2.09. The average molecular weight is 194 g/mol. The monoisotopic (exact) mass is 194 g/mol. The molecule has 0 saturated heterocycles. The highest BCUT2D eigenvalue weighted by molar-refractivity contribution is 4.85. The highest BCUT2D eigenvalue weighted by Crippen LogP contribution is 2.07. The Kier molecular flexibility index (Phi) is 2.23. The zero-order valence-corrected chi connectivity index (χ0v) is 7.65. The van der Waals surface area contributed by atoms with Crippen LogP contribution in [0.5, 0.6) is 0 Å². The Labute approximate surface area is 80.0 Å². The second kappa shape index (κ2) is 3.54. The van der Waals surface area contributed by atoms with Crippen LogP contribution in [0.3, 0.4) is 0 Å². The first-order chi connectivity index (χ1) is 6.75. The van der Waals surface area contributed by atoms with Crippen LogP contribution in [0.2, 0.25) is 0 Å². The third-order valence-corrected chi connectivity index (χ3v) is 1.76. The van der Waals surface area contributed by atoms with E-state index in [0.29, 0.717) is 12.4 Å². The molecule has 1 unspecified atom stereocenters. The van der Waals surface area contributed by atoms with Crippen molar-refractivity contribution >= 4 is 0 Å². The summed E-state index contributed by atoms with van der Waals surface area (Å²) in [5.41, 5.74) is 0. The third kappa shape index (κ3) is 1.77. The van der Waals surface area contributed by atoms with Gasteiger partial charge in [0.15, 0.2) is 0 Å². The van der Waals surface area contributed by atoms with E-state index in [1.54, 1.807) is 30.3 Å². The Morgan fingerprint density at radius 3 is 3.00 bits per heavy atom. The summed E-state index contributed by atoms with van der Waals surface area (Å²) in [7, 11) is 1.65. The molecule has 1 N–H and O–H groups in total. The van der Waals surface area contributed by atoms with E-state index in [1.807, 2.05) is 0 Å². The van der Waals surface area contributed by atoms with Crippen LogP contribution in [0, 0.1) is 0 Å². The highest BCUT2D eigenvalue weighted by Gasteiger charge is 2.13. The third-order valence-electron chi connectivity index (χ3n) is 1.76. The smallest absolute Gasteiger partial charge is 0.204 e. The van der Waals surface area contributed by atoms with Gasteiger partial charge < -0.3 is 9.67 Å². The summed E-state index contributed by atoms with van der Waals surface area (Å²) in [5.74, 6) is 0.321. The summed E-state index contributed by atoms with van der Waals surface area (Å²) < 4.78 is 1.75. The maximum Gasteiger partial charge on any atom is 0.204 e. The predicted molar refractivity (Wildman–Crippen MR) is 46.0 cm³/mol. The van der Waals surface area contributed by atoms with Crippen molar-refractivity contribution in [1.29, 1.82) is 0 Å². The fraction of sp³-hybridized carbons (Fsp3) is 0.429. The van der Waals surface area contributed by atoms with Crippen LogP contribution in [-0.2, 0) is 13.6 Å². The van der Waals surface area contributed by atoms with Crippen molar-refractivity contribution in [3.05, 3.63) is 24.5 Å². The zero-order chi connectivity index (χ0) is 9.97. The summed E-state index contributed by atoms with van der Waals surface area (Å²) in [6.07, 6.45) is 4.29. The van der Waals surface area contributed by atoms with Crippen LogP contribution in [-0.4, -0.2) is 34.9 Å². The van der Waals surface area contributed by atoms with Crippen molar-refractivity contribution in [3.8, 4) is 0 Å². The molecule has 0 aliphatic heterocycles. The number of imidazole rings is 1. The summed E-state index contributed by atoms with van der Waals surface area (Å²) in [4.78, 5) is 5.18. The zero-order valence-electron chi connectivity index (χ0n) is 7.65. The first-order valence-corrected chi connectivity index (χ1v) is 4.13. The van der Waals surface area contributed by atoms with E-state index >= 15 is 0 Å². The van der Waals surface area contributed by atoms with Crippen LogP contribution >= 0.6 is 0 Å². The quantitative estimate of drug-likeness (QED) is 0.687. The molecule has 0 aliphatic carbocycles. The van der Waals surface area contributed by atoms with Crippen molar-refractivity contribution in [3.63, 3.8) is 0 Å². The van der Waals surface area contributed by atoms with E-state index in [4.69, 9.17) is 0 Å². The lowest BCUT2D eigenvalue weighted by Gasteiger charge is -2.05. The molecule has 0 amide bonds. The van der Waals surface area contributed by atoms with E-state index in [-0.39, 0.29) is 0 Å². The van der Waals surface area contributed by atoms with Crippen LogP contribution < -0.4 is 0 Å². The van der Waals surface area contributed by atoms with E-state index in [1.165, 1.54) is 4.80 Å². The maximum absolute atomic E-state index is 9.68. The molecule has 2 rings (SSSR count). The predicted octanol–water partition coefficient (Wildman–Crippen LogP) is -0.860. The maximum atomic E-state index is 9.68. The van der Waals surface area contributed by atoms with Gasteiger partial charge in [0.2, 0.25) is 5.82 Å². The van der Waals surface area contributed by atoms with Gasteiger partial charge in [0.25, 0.3) is 0 Å². The van der Waals surface area contributed by atoms with Gasteiger partial charge in [0, 0.05) is 12.4 Å². The number of aryl methyl sites for hydroxylation is 1. The SMILES string of the molecule is Cn1nnc(C(O)Cn2ccnc2)n1. The van der Waals surface area contributed by atoms with Crippen LogP contribution in [0.4, 0.5) is 0 Å². The molecule has 2 heterocycles. The van der Waals surface area contributed by atoms with Gasteiger partial charge in [-0.05, 0) is 5.21 Å². The van der Waals surface area contributed by atoms with Crippen molar-refractivity contribution in [2.45, 2.75) is 12.6 Å². The second-order valence-electron chi connectivity index (χ2n) is 2.91. The van der Waals surface area contributed by atoms with Crippen molar-refractivity contribution in [2.75, 3.05) is 0 Å². The molecule has 74 valence electrons. The minimum atomic E-state index is -0.752. The largest absolute Gasteiger partial charge is 0.383 e. The number of aliphatic hydroxyl groups excluding tert-OH is 1. The molecule has 2 aromatic heterocycles. The minimum absolute atomic E-state index is 0.321. The summed E-state index contributed by atoms with van der Waals surface area (Å²) in [5, 5.41) is 20.9. The fourth-order valence-electron chi connectivity index (χ4n) is 1.11. The molecule has 0 aromatic carbocycles. The molecule has 14 heavy (non-hydrogen) atoms. The van der Waals surface area contributed by atoms with Gasteiger partial charge in [-0.3, -0.25) is 0 Å². The number of hydrogen-bond donors (Lipinski definition) is 1. The Bertz CT molecular complexity index is 394. The van der Waals surface area contributed by atoms with E-state index in [0.717, 1.165) is 0 Å². The molecule has 7 heteroatoms. The molecule has 2 aromatic rings. The number of hydrogen-bond acceptors (Lipinski definition) is 5. The summed E-state index contributed by atoms with van der Waals surface area (Å²) in [6.45, 7) is 0.381. The van der Waals surface area contributed by atoms with Crippen molar-refractivity contribution < 1.29 is 5.11 Å². The number of aromatic nitrogens is 6. The topological polar surface area (TPSA) is 81.6 Å². The Balaban J connectivity index is 2.06. The van der Waals surface area contributed by atoms with Crippen LogP contribution in [0.25, 0.3) is 0 Å². The first kappa shape index (κ1) is 8.82. The molecular weight excluding hydrogens is 184 g/mol. The summed E-state index contributed by atoms with van der Waals surface area (Å²) in [6, 6.07) is 0. The van der Waals surface area contributed by atoms with Gasteiger partial charge in [0.05, 0.1) is 19.9 Å². The van der Waals surface area contributed by atoms with Crippen molar-refractivity contribution in [2.24, 2.45) is 7.05 Å². The molecule has 7 nitrogen and oxygen atoms in total. The number of nitrogens with zero attached hydrogens (tertiary/aromatic N) is 6. The lowest BCUT2D eigenvalue weighted by atomic mass is 10.3. The standard InChI is InChI=1S/C7H10N6O/c1-12-10-7(9-11-12)6(14)4-13-3-2-8-5-13/h2-3,5-6,14H,4H2,1H3. The Hall–Kier alpha value is -1.76. The van der Waals surface area contributed by atoms with Crippen LogP contribution in [0.1, 0.15) is 11.9 Å². The van der Waals surface area contributed by atoms with Gasteiger partial charge >= 0.3 is 0 Å². The Morgan fingerprint density at radius 1 is 1.57 bits per heavy atom. The van der Waals surface area contributed by atoms with Gasteiger partial charge in [-0.15, -0.1) is 10.2 Å². The molecule has 0 bridgehead atoms. The van der Waals surface area contributed by atoms with E-state index in [9.17, 15) is 5.11 Å². The Morgan fingerprint density at radius 2 is 2.43 bits per heavy atom. The second-order valence-corrected chi connectivity index (χ2v) is 2.91. The molecule has 1 atom stereocenters. The lowest BCUT2D eigenvalue weighted by molar-refractivity contribution is 0.146. The number of aliphatic hydroxyl groups is 1. The fourth-order valence-corrected chi connectivity index (χ4v) is 1.11. The van der Waals surface area contributed by atoms with Gasteiger partial charge in [-0.25, -0.2) is 4.98 Å². The summed E-state index contributed by atoms with van der Waals surface area (Å²) >= 11 is 0. The number of rotatable bonds is 3. The molecular formula is C7H10N6O. The van der Waals surface area contributed by atoms with Gasteiger partial charge in [-0.2, -0.15) is 4.80 Å². The molecule has 0 spiro atoms. The molecule has 0 fully saturated rings.